The lowest BCUT2D eigenvalue weighted by Crippen LogP contribution is -2.26. The van der Waals surface area contributed by atoms with Crippen molar-refractivity contribution in [2.24, 2.45) is 0 Å². The molecule has 22 heavy (non-hydrogen) atoms. The Balaban J connectivity index is 1.89. The van der Waals surface area contributed by atoms with Gasteiger partial charge in [-0.25, -0.2) is 4.79 Å². The normalized spacial score (nSPS) is 23.8. The largest absolute Gasteiger partial charge is 0.466 e. The van der Waals surface area contributed by atoms with Crippen molar-refractivity contribution in [2.75, 3.05) is 13.7 Å². The summed E-state index contributed by atoms with van der Waals surface area (Å²) in [5.74, 6) is -1.12. The Hall–Kier alpha value is -1.69. The van der Waals surface area contributed by atoms with Crippen LogP contribution in [0.3, 0.4) is 0 Å². The van der Waals surface area contributed by atoms with E-state index in [1.54, 1.807) is 6.08 Å². The molecule has 0 amide bonds. The molecule has 0 radical (unpaired) electrons. The molecule has 1 aromatic rings. The number of benzene rings is 1. The Labute approximate surface area is 130 Å². The molecule has 1 aliphatic heterocycles. The molecule has 1 heterocycles. The van der Waals surface area contributed by atoms with Crippen LogP contribution < -0.4 is 0 Å². The Morgan fingerprint density at radius 1 is 1.27 bits per heavy atom. The van der Waals surface area contributed by atoms with Crippen LogP contribution in [0.1, 0.15) is 19.4 Å². The minimum atomic E-state index is -0.702. The molecule has 1 aliphatic rings. The molecule has 0 aliphatic carbocycles. The molecule has 2 rings (SSSR count). The SMILES string of the molecule is COC(=O)/C=C/[C@@H]1OC(C)(C)O[C@H]1COCc1ccccc1. The third-order valence-corrected chi connectivity index (χ3v) is 3.24. The van der Waals surface area contributed by atoms with E-state index in [1.165, 1.54) is 13.2 Å². The van der Waals surface area contributed by atoms with Crippen molar-refractivity contribution in [2.45, 2.75) is 38.4 Å². The van der Waals surface area contributed by atoms with Gasteiger partial charge in [-0.2, -0.15) is 0 Å². The molecule has 120 valence electrons. The second-order valence-electron chi connectivity index (χ2n) is 5.52. The van der Waals surface area contributed by atoms with Crippen molar-refractivity contribution in [3.05, 3.63) is 48.0 Å². The van der Waals surface area contributed by atoms with E-state index in [0.717, 1.165) is 5.56 Å². The van der Waals surface area contributed by atoms with Gasteiger partial charge in [0.05, 0.1) is 20.3 Å². The summed E-state index contributed by atoms with van der Waals surface area (Å²) in [6.07, 6.45) is 2.39. The minimum Gasteiger partial charge on any atom is -0.466 e. The Bertz CT molecular complexity index is 509. The van der Waals surface area contributed by atoms with Crippen LogP contribution in [0.2, 0.25) is 0 Å². The lowest BCUT2D eigenvalue weighted by atomic mass is 10.2. The molecule has 0 saturated carbocycles. The molecular weight excluding hydrogens is 284 g/mol. The summed E-state index contributed by atoms with van der Waals surface area (Å²) in [6.45, 7) is 4.56. The van der Waals surface area contributed by atoms with Crippen LogP contribution in [0.5, 0.6) is 0 Å². The molecule has 1 fully saturated rings. The van der Waals surface area contributed by atoms with Crippen LogP contribution in [0.4, 0.5) is 0 Å². The molecule has 1 aromatic carbocycles. The first-order chi connectivity index (χ1) is 10.5. The van der Waals surface area contributed by atoms with Gasteiger partial charge >= 0.3 is 5.97 Å². The van der Waals surface area contributed by atoms with Crippen LogP contribution >= 0.6 is 0 Å². The van der Waals surface area contributed by atoms with E-state index in [9.17, 15) is 4.79 Å². The highest BCUT2D eigenvalue weighted by Gasteiger charge is 2.40. The van der Waals surface area contributed by atoms with Crippen molar-refractivity contribution in [3.8, 4) is 0 Å². The Morgan fingerprint density at radius 3 is 2.68 bits per heavy atom. The monoisotopic (exact) mass is 306 g/mol. The zero-order chi connectivity index (χ0) is 16.0. The van der Waals surface area contributed by atoms with Crippen molar-refractivity contribution in [3.63, 3.8) is 0 Å². The quantitative estimate of drug-likeness (QED) is 0.597. The summed E-state index contributed by atoms with van der Waals surface area (Å²) in [5.41, 5.74) is 1.10. The predicted molar refractivity (Wildman–Crippen MR) is 81.1 cm³/mol. The van der Waals surface area contributed by atoms with Crippen LogP contribution in [-0.4, -0.2) is 37.7 Å². The zero-order valence-electron chi connectivity index (χ0n) is 13.2. The number of rotatable bonds is 6. The zero-order valence-corrected chi connectivity index (χ0v) is 13.2. The maximum Gasteiger partial charge on any atom is 0.330 e. The van der Waals surface area contributed by atoms with Gasteiger partial charge in [0.25, 0.3) is 0 Å². The number of methoxy groups -OCH3 is 1. The third-order valence-electron chi connectivity index (χ3n) is 3.24. The number of ether oxygens (including phenoxy) is 4. The van der Waals surface area contributed by atoms with Crippen molar-refractivity contribution < 1.29 is 23.7 Å². The summed E-state index contributed by atoms with van der Waals surface area (Å²) in [5, 5.41) is 0. The van der Waals surface area contributed by atoms with Gasteiger partial charge in [-0.3, -0.25) is 0 Å². The number of carbonyl (C=O) groups excluding carboxylic acids is 1. The lowest BCUT2D eigenvalue weighted by Gasteiger charge is -2.16. The van der Waals surface area contributed by atoms with Gasteiger partial charge in [-0.05, 0) is 25.5 Å². The molecule has 0 unspecified atom stereocenters. The summed E-state index contributed by atoms with van der Waals surface area (Å²) in [6, 6.07) is 9.92. The van der Waals surface area contributed by atoms with Gasteiger partial charge < -0.3 is 18.9 Å². The topological polar surface area (TPSA) is 54.0 Å². The first-order valence-corrected chi connectivity index (χ1v) is 7.23. The van der Waals surface area contributed by atoms with Crippen LogP contribution in [-0.2, 0) is 30.3 Å². The van der Waals surface area contributed by atoms with Crippen molar-refractivity contribution in [1.82, 2.24) is 0 Å². The number of carbonyl (C=O) groups is 1. The average Bonchev–Trinajstić information content (AvgIpc) is 2.80. The molecule has 5 heteroatoms. The Kier molecular flexibility index (Phi) is 5.71. The fourth-order valence-electron chi connectivity index (χ4n) is 2.26. The molecule has 5 nitrogen and oxygen atoms in total. The van der Waals surface area contributed by atoms with Gasteiger partial charge in [0, 0.05) is 6.08 Å². The van der Waals surface area contributed by atoms with E-state index in [-0.39, 0.29) is 12.2 Å². The van der Waals surface area contributed by atoms with Gasteiger partial charge in [-0.1, -0.05) is 30.3 Å². The van der Waals surface area contributed by atoms with Crippen molar-refractivity contribution in [1.29, 1.82) is 0 Å². The fourth-order valence-corrected chi connectivity index (χ4v) is 2.26. The van der Waals surface area contributed by atoms with E-state index in [4.69, 9.17) is 14.2 Å². The van der Waals surface area contributed by atoms with Gasteiger partial charge in [-0.15, -0.1) is 0 Å². The third kappa shape index (κ3) is 4.94. The minimum absolute atomic E-state index is 0.264. The molecule has 0 aromatic heterocycles. The highest BCUT2D eigenvalue weighted by Crippen LogP contribution is 2.29. The maximum absolute atomic E-state index is 11.2. The lowest BCUT2D eigenvalue weighted by molar-refractivity contribution is -0.149. The average molecular weight is 306 g/mol. The number of hydrogen-bond acceptors (Lipinski definition) is 5. The molecule has 0 bridgehead atoms. The number of esters is 1. The molecule has 0 spiro atoms. The highest BCUT2D eigenvalue weighted by molar-refractivity contribution is 5.81. The molecule has 1 saturated heterocycles. The smallest absolute Gasteiger partial charge is 0.330 e. The summed E-state index contributed by atoms with van der Waals surface area (Å²) in [4.78, 5) is 11.2. The van der Waals surface area contributed by atoms with E-state index in [2.05, 4.69) is 4.74 Å². The van der Waals surface area contributed by atoms with Gasteiger partial charge in [0.1, 0.15) is 12.2 Å². The second-order valence-corrected chi connectivity index (χ2v) is 5.52. The van der Waals surface area contributed by atoms with E-state index < -0.39 is 11.8 Å². The summed E-state index contributed by atoms with van der Waals surface area (Å²) in [7, 11) is 1.34. The van der Waals surface area contributed by atoms with Crippen LogP contribution in [0.15, 0.2) is 42.5 Å². The second kappa shape index (κ2) is 7.54. The van der Waals surface area contributed by atoms with Crippen LogP contribution in [0, 0.1) is 0 Å². The molecule has 2 atom stereocenters. The van der Waals surface area contributed by atoms with Crippen LogP contribution in [0.25, 0.3) is 0 Å². The predicted octanol–water partition coefficient (Wildman–Crippen LogP) is 2.45. The fraction of sp³-hybridized carbons (Fsp3) is 0.471. The molecular formula is C17H22O5. The van der Waals surface area contributed by atoms with E-state index in [1.807, 2.05) is 44.2 Å². The van der Waals surface area contributed by atoms with Crippen molar-refractivity contribution >= 4 is 5.97 Å². The number of hydrogen-bond donors (Lipinski definition) is 0. The Morgan fingerprint density at radius 2 is 2.00 bits per heavy atom. The highest BCUT2D eigenvalue weighted by atomic mass is 16.8. The van der Waals surface area contributed by atoms with Gasteiger partial charge in [0.15, 0.2) is 5.79 Å². The molecule has 0 N–H and O–H groups in total. The van der Waals surface area contributed by atoms with E-state index in [0.29, 0.717) is 13.2 Å². The summed E-state index contributed by atoms with van der Waals surface area (Å²) >= 11 is 0. The summed E-state index contributed by atoms with van der Waals surface area (Å²) < 4.78 is 21.9. The first kappa shape index (κ1) is 16.7. The van der Waals surface area contributed by atoms with Gasteiger partial charge in [0.2, 0.25) is 0 Å². The van der Waals surface area contributed by atoms with E-state index >= 15 is 0 Å². The maximum atomic E-state index is 11.2. The first-order valence-electron chi connectivity index (χ1n) is 7.23. The standard InChI is InChI=1S/C17H22O5/c1-17(2)21-14(9-10-16(18)19-3)15(22-17)12-20-11-13-7-5-4-6-8-13/h4-10,14-15H,11-12H2,1-3H3/b10-9+/t14-,15-/m0/s1.